The second-order valence-electron chi connectivity index (χ2n) is 5.24. The number of aromatic nitrogens is 1. The highest BCUT2D eigenvalue weighted by Gasteiger charge is 2.49. The minimum absolute atomic E-state index is 0.0502. The van der Waals surface area contributed by atoms with Crippen molar-refractivity contribution in [1.29, 1.82) is 0 Å². The number of nitrogens with zero attached hydrogens (tertiary/aromatic N) is 1. The van der Waals surface area contributed by atoms with Crippen LogP contribution in [0.25, 0.3) is 11.1 Å². The maximum absolute atomic E-state index is 12.4. The third-order valence-electron chi connectivity index (χ3n) is 3.61. The van der Waals surface area contributed by atoms with Crippen molar-refractivity contribution in [2.75, 3.05) is 13.2 Å². The highest BCUT2D eigenvalue weighted by molar-refractivity contribution is 6.35. The number of hydrogen-bond acceptors (Lipinski definition) is 6. The van der Waals surface area contributed by atoms with Crippen molar-refractivity contribution in [1.82, 2.24) is 4.98 Å². The van der Waals surface area contributed by atoms with Crippen LogP contribution in [0.2, 0.25) is 5.02 Å². The SMILES string of the molecule is Cc1nc2c(Cl)cc(C(=O)[C@H]3C[C@@H]3C(=O)OCCO)cc2o1. The molecule has 0 bridgehead atoms. The van der Waals surface area contributed by atoms with Crippen LogP contribution in [0.4, 0.5) is 0 Å². The molecule has 6 nitrogen and oxygen atoms in total. The lowest BCUT2D eigenvalue weighted by Gasteiger charge is -2.03. The molecule has 2 aromatic rings. The lowest BCUT2D eigenvalue weighted by Crippen LogP contribution is -2.14. The summed E-state index contributed by atoms with van der Waals surface area (Å²) >= 11 is 6.12. The van der Waals surface area contributed by atoms with Gasteiger partial charge in [0.05, 0.1) is 17.5 Å². The first-order valence-electron chi connectivity index (χ1n) is 6.89. The van der Waals surface area contributed by atoms with Gasteiger partial charge in [-0.25, -0.2) is 4.98 Å². The lowest BCUT2D eigenvalue weighted by molar-refractivity contribution is -0.146. The van der Waals surface area contributed by atoms with E-state index in [1.54, 1.807) is 19.1 Å². The van der Waals surface area contributed by atoms with Crippen LogP contribution < -0.4 is 0 Å². The Labute approximate surface area is 131 Å². The first-order valence-corrected chi connectivity index (χ1v) is 7.27. The molecule has 0 unspecified atom stereocenters. The van der Waals surface area contributed by atoms with E-state index in [2.05, 4.69) is 4.98 Å². The molecular formula is C15H14ClNO5. The Morgan fingerprint density at radius 2 is 2.23 bits per heavy atom. The van der Waals surface area contributed by atoms with E-state index in [-0.39, 0.29) is 19.0 Å². The lowest BCUT2D eigenvalue weighted by atomic mass is 10.1. The molecule has 2 atom stereocenters. The fourth-order valence-electron chi connectivity index (χ4n) is 2.45. The molecule has 1 fully saturated rings. The molecule has 1 aromatic heterocycles. The Balaban J connectivity index is 1.78. The second-order valence-corrected chi connectivity index (χ2v) is 5.65. The van der Waals surface area contributed by atoms with E-state index in [4.69, 9.17) is 25.9 Å². The van der Waals surface area contributed by atoms with Gasteiger partial charge >= 0.3 is 5.97 Å². The second kappa shape index (κ2) is 5.70. The summed E-state index contributed by atoms with van der Waals surface area (Å²) in [4.78, 5) is 28.2. The largest absolute Gasteiger partial charge is 0.463 e. The van der Waals surface area contributed by atoms with Gasteiger partial charge in [0.25, 0.3) is 0 Å². The number of aryl methyl sites for hydroxylation is 1. The van der Waals surface area contributed by atoms with Crippen molar-refractivity contribution in [2.24, 2.45) is 11.8 Å². The van der Waals surface area contributed by atoms with E-state index >= 15 is 0 Å². The zero-order valence-corrected chi connectivity index (χ0v) is 12.6. The molecule has 1 aliphatic rings. The summed E-state index contributed by atoms with van der Waals surface area (Å²) in [5.41, 5.74) is 1.37. The Morgan fingerprint density at radius 3 is 2.95 bits per heavy atom. The molecule has 0 radical (unpaired) electrons. The maximum Gasteiger partial charge on any atom is 0.309 e. The number of hydrogen-bond donors (Lipinski definition) is 1. The predicted octanol–water partition coefficient (Wildman–Crippen LogP) is 2.14. The number of ketones is 1. The van der Waals surface area contributed by atoms with Crippen LogP contribution in [0.5, 0.6) is 0 Å². The van der Waals surface area contributed by atoms with Gasteiger partial charge in [-0.2, -0.15) is 0 Å². The minimum Gasteiger partial charge on any atom is -0.463 e. The van der Waals surface area contributed by atoms with Gasteiger partial charge in [0, 0.05) is 18.4 Å². The van der Waals surface area contributed by atoms with Gasteiger partial charge in [0.2, 0.25) is 0 Å². The van der Waals surface area contributed by atoms with E-state index in [1.165, 1.54) is 0 Å². The molecule has 3 rings (SSSR count). The van der Waals surface area contributed by atoms with Gasteiger partial charge in [-0.1, -0.05) is 11.6 Å². The van der Waals surface area contributed by atoms with Crippen LogP contribution in [0, 0.1) is 18.8 Å². The molecule has 0 amide bonds. The van der Waals surface area contributed by atoms with Crippen LogP contribution in [-0.2, 0) is 9.53 Å². The summed E-state index contributed by atoms with van der Waals surface area (Å²) in [6.07, 6.45) is 0.453. The molecule has 22 heavy (non-hydrogen) atoms. The average Bonchev–Trinajstić information content (AvgIpc) is 3.19. The first-order chi connectivity index (χ1) is 10.5. The third-order valence-corrected chi connectivity index (χ3v) is 3.89. The molecule has 1 aliphatic carbocycles. The van der Waals surface area contributed by atoms with E-state index < -0.39 is 17.8 Å². The summed E-state index contributed by atoms with van der Waals surface area (Å²) in [5.74, 6) is -0.981. The normalized spacial score (nSPS) is 20.1. The molecule has 1 heterocycles. The number of aliphatic hydroxyl groups excluding tert-OH is 1. The van der Waals surface area contributed by atoms with Crippen LogP contribution in [-0.4, -0.2) is 35.1 Å². The molecule has 1 saturated carbocycles. The standard InChI is InChI=1S/C15H14ClNO5/c1-7-17-13-11(16)4-8(5-12(13)22-7)14(19)9-6-10(9)15(20)21-3-2-18/h4-5,9-10,18H,2-3,6H2,1H3/t9-,10-/m0/s1. The van der Waals surface area contributed by atoms with Crippen molar-refractivity contribution >= 4 is 34.5 Å². The number of oxazole rings is 1. The molecule has 0 spiro atoms. The number of benzene rings is 1. The number of fused-ring (bicyclic) bond motifs is 1. The fraction of sp³-hybridized carbons (Fsp3) is 0.400. The van der Waals surface area contributed by atoms with Crippen LogP contribution in [0.1, 0.15) is 22.7 Å². The van der Waals surface area contributed by atoms with Crippen molar-refractivity contribution in [3.05, 3.63) is 28.6 Å². The molecule has 1 N–H and O–H groups in total. The Hall–Kier alpha value is -1.92. The fourth-order valence-corrected chi connectivity index (χ4v) is 2.71. The highest BCUT2D eigenvalue weighted by atomic mass is 35.5. The first kappa shape index (κ1) is 15.0. The number of carbonyl (C=O) groups excluding carboxylic acids is 2. The molecule has 0 saturated heterocycles. The molecule has 1 aromatic carbocycles. The molecule has 7 heteroatoms. The zero-order valence-electron chi connectivity index (χ0n) is 11.8. The Bertz CT molecular complexity index is 754. The molecule has 116 valence electrons. The van der Waals surface area contributed by atoms with Crippen LogP contribution >= 0.6 is 11.6 Å². The van der Waals surface area contributed by atoms with Crippen LogP contribution in [0.3, 0.4) is 0 Å². The summed E-state index contributed by atoms with van der Waals surface area (Å²) in [6, 6.07) is 3.14. The van der Waals surface area contributed by atoms with Crippen molar-refractivity contribution < 1.29 is 23.8 Å². The van der Waals surface area contributed by atoms with Crippen LogP contribution in [0.15, 0.2) is 16.5 Å². The van der Waals surface area contributed by atoms with Gasteiger partial charge in [0.15, 0.2) is 17.3 Å². The summed E-state index contributed by atoms with van der Waals surface area (Å²) < 4.78 is 10.2. The van der Waals surface area contributed by atoms with Crippen molar-refractivity contribution in [2.45, 2.75) is 13.3 Å². The third kappa shape index (κ3) is 2.71. The number of aliphatic hydroxyl groups is 1. The predicted molar refractivity (Wildman–Crippen MR) is 77.7 cm³/mol. The topological polar surface area (TPSA) is 89.6 Å². The maximum atomic E-state index is 12.4. The van der Waals surface area contributed by atoms with Gasteiger partial charge in [-0.05, 0) is 18.6 Å². The Kier molecular flexibility index (Phi) is 3.88. The van der Waals surface area contributed by atoms with Crippen molar-refractivity contribution in [3.63, 3.8) is 0 Å². The monoisotopic (exact) mass is 323 g/mol. The zero-order chi connectivity index (χ0) is 15.9. The van der Waals surface area contributed by atoms with Gasteiger partial charge in [-0.3, -0.25) is 9.59 Å². The minimum atomic E-state index is -0.449. The van der Waals surface area contributed by atoms with E-state index in [9.17, 15) is 9.59 Å². The Morgan fingerprint density at radius 1 is 1.45 bits per heavy atom. The van der Waals surface area contributed by atoms with E-state index in [0.717, 1.165) is 0 Å². The summed E-state index contributed by atoms with van der Waals surface area (Å²) in [6.45, 7) is 1.42. The number of Topliss-reactive ketones (excluding diaryl/α,β-unsaturated/α-hetero) is 1. The number of carbonyl (C=O) groups is 2. The van der Waals surface area contributed by atoms with Crippen molar-refractivity contribution in [3.8, 4) is 0 Å². The molecular weight excluding hydrogens is 310 g/mol. The quantitative estimate of drug-likeness (QED) is 0.670. The highest BCUT2D eigenvalue weighted by Crippen LogP contribution is 2.42. The summed E-state index contributed by atoms with van der Waals surface area (Å²) in [7, 11) is 0. The smallest absolute Gasteiger partial charge is 0.309 e. The van der Waals surface area contributed by atoms with E-state index in [0.29, 0.717) is 34.0 Å². The number of esters is 1. The van der Waals surface area contributed by atoms with Gasteiger partial charge < -0.3 is 14.3 Å². The van der Waals surface area contributed by atoms with Gasteiger partial charge in [-0.15, -0.1) is 0 Å². The summed E-state index contributed by atoms with van der Waals surface area (Å²) in [5, 5.41) is 8.97. The number of ether oxygens (including phenoxy) is 1. The molecule has 0 aliphatic heterocycles. The number of halogens is 1. The van der Waals surface area contributed by atoms with Gasteiger partial charge in [0.1, 0.15) is 12.1 Å². The number of rotatable bonds is 5. The van der Waals surface area contributed by atoms with E-state index in [1.807, 2.05) is 0 Å². The average molecular weight is 324 g/mol.